The summed E-state index contributed by atoms with van der Waals surface area (Å²) >= 11 is 1.66. The largest absolute Gasteiger partial charge is 0.350 e. The Labute approximate surface area is 157 Å². The van der Waals surface area contributed by atoms with Crippen molar-refractivity contribution in [3.8, 4) is 0 Å². The first-order chi connectivity index (χ1) is 12.6. The second-order valence-corrected chi connectivity index (χ2v) is 8.18. The summed E-state index contributed by atoms with van der Waals surface area (Å²) in [5, 5.41) is 2.04. The van der Waals surface area contributed by atoms with E-state index in [-0.39, 0.29) is 5.91 Å². The molecule has 1 aliphatic heterocycles. The lowest BCUT2D eigenvalue weighted by molar-refractivity contribution is 0.0705. The number of nitrogens with zero attached hydrogens (tertiary/aromatic N) is 4. The van der Waals surface area contributed by atoms with Gasteiger partial charge in [0.25, 0.3) is 5.91 Å². The highest BCUT2D eigenvalue weighted by molar-refractivity contribution is 7.17. The van der Waals surface area contributed by atoms with Crippen molar-refractivity contribution in [2.24, 2.45) is 0 Å². The molecular formula is C19H25N5OS. The lowest BCUT2D eigenvalue weighted by atomic mass is 9.95. The molecule has 7 heteroatoms. The van der Waals surface area contributed by atoms with Crippen LogP contribution in [0.1, 0.15) is 35.1 Å². The molecule has 0 unspecified atom stereocenters. The summed E-state index contributed by atoms with van der Waals surface area (Å²) in [6, 6.07) is 4.00. The molecule has 0 saturated carbocycles. The Bertz CT molecular complexity index is 856. The third kappa shape index (κ3) is 3.41. The van der Waals surface area contributed by atoms with Gasteiger partial charge in [0.1, 0.15) is 11.5 Å². The minimum Gasteiger partial charge on any atom is -0.350 e. The van der Waals surface area contributed by atoms with Gasteiger partial charge in [-0.2, -0.15) is 0 Å². The van der Waals surface area contributed by atoms with Gasteiger partial charge in [-0.05, 0) is 44.4 Å². The molecular weight excluding hydrogens is 346 g/mol. The smallest absolute Gasteiger partial charge is 0.270 e. The van der Waals surface area contributed by atoms with Gasteiger partial charge >= 0.3 is 0 Å². The maximum Gasteiger partial charge on any atom is 0.270 e. The fourth-order valence-corrected chi connectivity index (χ4v) is 4.43. The van der Waals surface area contributed by atoms with E-state index < -0.39 is 0 Å². The van der Waals surface area contributed by atoms with Gasteiger partial charge in [-0.25, -0.2) is 4.98 Å². The third-order valence-corrected chi connectivity index (χ3v) is 6.02. The van der Waals surface area contributed by atoms with Crippen molar-refractivity contribution < 1.29 is 4.79 Å². The number of rotatable bonds is 5. The minimum absolute atomic E-state index is 0.114. The van der Waals surface area contributed by atoms with E-state index in [0.717, 1.165) is 49.2 Å². The maximum absolute atomic E-state index is 12.8. The van der Waals surface area contributed by atoms with Crippen LogP contribution in [-0.2, 0) is 6.54 Å². The highest BCUT2D eigenvalue weighted by Gasteiger charge is 2.27. The number of imidazole rings is 1. The van der Waals surface area contributed by atoms with Crippen molar-refractivity contribution in [1.82, 2.24) is 24.3 Å². The number of likely N-dealkylation sites (N-methyl/N-ethyl adjacent to an activating group) is 1. The van der Waals surface area contributed by atoms with Crippen molar-refractivity contribution in [1.29, 1.82) is 0 Å². The number of H-pyrrole nitrogens is 1. The highest BCUT2D eigenvalue weighted by atomic mass is 32.1. The van der Waals surface area contributed by atoms with E-state index in [1.165, 1.54) is 5.82 Å². The lowest BCUT2D eigenvalue weighted by Crippen LogP contribution is -2.38. The van der Waals surface area contributed by atoms with E-state index in [1.807, 2.05) is 28.6 Å². The van der Waals surface area contributed by atoms with Crippen molar-refractivity contribution in [2.45, 2.75) is 25.3 Å². The molecule has 4 rings (SSSR count). The van der Waals surface area contributed by atoms with Crippen LogP contribution < -0.4 is 0 Å². The number of nitrogens with one attached hydrogen (secondary N) is 1. The van der Waals surface area contributed by atoms with Gasteiger partial charge in [0, 0.05) is 44.5 Å². The predicted octanol–water partition coefficient (Wildman–Crippen LogP) is 3.01. The fraction of sp³-hybridized carbons (Fsp3) is 0.474. The Balaban J connectivity index is 1.39. The van der Waals surface area contributed by atoms with Crippen LogP contribution in [0.25, 0.3) is 10.2 Å². The molecule has 138 valence electrons. The Kier molecular flexibility index (Phi) is 4.82. The molecule has 0 spiro atoms. The average Bonchev–Trinajstić information content (AvgIpc) is 3.35. The normalized spacial score (nSPS) is 16.0. The second kappa shape index (κ2) is 7.25. The first kappa shape index (κ1) is 17.3. The molecule has 6 nitrogen and oxygen atoms in total. The average molecular weight is 372 g/mol. The molecule has 0 aliphatic carbocycles. The van der Waals surface area contributed by atoms with Crippen molar-refractivity contribution in [3.05, 3.63) is 41.4 Å². The second-order valence-electron chi connectivity index (χ2n) is 7.23. The number of likely N-dealkylation sites (tertiary alicyclic amines) is 1. The molecule has 3 aromatic heterocycles. The van der Waals surface area contributed by atoms with E-state index in [2.05, 4.69) is 39.7 Å². The number of amides is 1. The standard InChI is InChI=1S/C19H25N5OS/c1-22(2)10-11-23-9-6-20-18(23)14-3-7-24(8-4-14)19(25)16-13-17-15(21-16)5-12-26-17/h5-6,9,12-14,21H,3-4,7-8,10-11H2,1-2H3. The van der Waals surface area contributed by atoms with E-state index in [9.17, 15) is 4.79 Å². The van der Waals surface area contributed by atoms with Crippen LogP contribution >= 0.6 is 11.3 Å². The van der Waals surface area contributed by atoms with Gasteiger partial charge < -0.3 is 19.4 Å². The quantitative estimate of drug-likeness (QED) is 0.750. The summed E-state index contributed by atoms with van der Waals surface area (Å²) in [5.74, 6) is 1.71. The number of aromatic nitrogens is 3. The molecule has 0 radical (unpaired) electrons. The van der Waals surface area contributed by atoms with Crippen LogP contribution in [-0.4, -0.2) is 64.0 Å². The fourth-order valence-electron chi connectivity index (χ4n) is 3.65. The monoisotopic (exact) mass is 371 g/mol. The molecule has 1 saturated heterocycles. The summed E-state index contributed by atoms with van der Waals surface area (Å²) in [4.78, 5) is 24.8. The Morgan fingerprint density at radius 3 is 2.92 bits per heavy atom. The highest BCUT2D eigenvalue weighted by Crippen LogP contribution is 2.28. The third-order valence-electron chi connectivity index (χ3n) is 5.15. The molecule has 3 aromatic rings. The van der Waals surface area contributed by atoms with Gasteiger partial charge in [0.2, 0.25) is 0 Å². The number of piperidine rings is 1. The first-order valence-corrected chi connectivity index (χ1v) is 10.0. The van der Waals surface area contributed by atoms with Crippen molar-refractivity contribution in [2.75, 3.05) is 33.7 Å². The van der Waals surface area contributed by atoms with Crippen molar-refractivity contribution in [3.63, 3.8) is 0 Å². The molecule has 0 atom stereocenters. The molecule has 1 amide bonds. The summed E-state index contributed by atoms with van der Waals surface area (Å²) in [7, 11) is 4.18. The Morgan fingerprint density at radius 1 is 1.38 bits per heavy atom. The van der Waals surface area contributed by atoms with Crippen LogP contribution in [0.2, 0.25) is 0 Å². The zero-order valence-electron chi connectivity index (χ0n) is 15.3. The molecule has 1 aliphatic rings. The molecule has 4 heterocycles. The summed E-state index contributed by atoms with van der Waals surface area (Å²) in [5.41, 5.74) is 1.76. The Morgan fingerprint density at radius 2 is 2.19 bits per heavy atom. The number of hydrogen-bond acceptors (Lipinski definition) is 4. The van der Waals surface area contributed by atoms with Crippen LogP contribution in [0, 0.1) is 0 Å². The SMILES string of the molecule is CN(C)CCn1ccnc1C1CCN(C(=O)c2cc3sccc3[nH]2)CC1. The van der Waals surface area contributed by atoms with Gasteiger partial charge in [0.15, 0.2) is 0 Å². The topological polar surface area (TPSA) is 57.2 Å². The van der Waals surface area contributed by atoms with Crippen LogP contribution in [0.4, 0.5) is 0 Å². The molecule has 1 N–H and O–H groups in total. The molecule has 0 bridgehead atoms. The molecule has 0 aromatic carbocycles. The summed E-state index contributed by atoms with van der Waals surface area (Å²) < 4.78 is 3.41. The van der Waals surface area contributed by atoms with E-state index in [1.54, 1.807) is 11.3 Å². The van der Waals surface area contributed by atoms with Crippen LogP contribution in [0.3, 0.4) is 0 Å². The maximum atomic E-state index is 12.8. The zero-order valence-corrected chi connectivity index (χ0v) is 16.1. The van der Waals surface area contributed by atoms with E-state index in [0.29, 0.717) is 11.6 Å². The van der Waals surface area contributed by atoms with Gasteiger partial charge in [-0.3, -0.25) is 4.79 Å². The minimum atomic E-state index is 0.114. The van der Waals surface area contributed by atoms with Gasteiger partial charge in [-0.1, -0.05) is 0 Å². The molecule has 26 heavy (non-hydrogen) atoms. The van der Waals surface area contributed by atoms with Crippen LogP contribution in [0.5, 0.6) is 0 Å². The summed E-state index contributed by atoms with van der Waals surface area (Å²) in [6.07, 6.45) is 5.91. The van der Waals surface area contributed by atoms with Crippen LogP contribution in [0.15, 0.2) is 29.9 Å². The number of carbonyl (C=O) groups excluding carboxylic acids is 1. The predicted molar refractivity (Wildman–Crippen MR) is 105 cm³/mol. The first-order valence-electron chi connectivity index (χ1n) is 9.13. The summed E-state index contributed by atoms with van der Waals surface area (Å²) in [6.45, 7) is 3.54. The number of aromatic amines is 1. The van der Waals surface area contributed by atoms with Crippen molar-refractivity contribution >= 4 is 27.5 Å². The Hall–Kier alpha value is -2.12. The zero-order chi connectivity index (χ0) is 18.1. The van der Waals surface area contributed by atoms with Gasteiger partial charge in [-0.15, -0.1) is 11.3 Å². The number of carbonyl (C=O) groups is 1. The lowest BCUT2D eigenvalue weighted by Gasteiger charge is -2.31. The molecule has 1 fully saturated rings. The number of fused-ring (bicyclic) bond motifs is 1. The van der Waals surface area contributed by atoms with Gasteiger partial charge in [0.05, 0.1) is 10.2 Å². The number of hydrogen-bond donors (Lipinski definition) is 1. The van der Waals surface area contributed by atoms with E-state index in [4.69, 9.17) is 0 Å². The number of thiophene rings is 1. The van der Waals surface area contributed by atoms with E-state index >= 15 is 0 Å².